The highest BCUT2D eigenvalue weighted by Crippen LogP contribution is 2.15. The van der Waals surface area contributed by atoms with Crippen LogP contribution in [0.5, 0.6) is 0 Å². The Bertz CT molecular complexity index is 707. The quantitative estimate of drug-likeness (QED) is 0.599. The molecule has 0 aliphatic heterocycles. The summed E-state index contributed by atoms with van der Waals surface area (Å²) in [4.78, 5) is 14.6. The summed E-state index contributed by atoms with van der Waals surface area (Å²) in [5.41, 5.74) is 8.11. The lowest BCUT2D eigenvalue weighted by Crippen LogP contribution is -2.30. The maximum Gasteiger partial charge on any atom is 0.225 e. The third kappa shape index (κ3) is 6.26. The van der Waals surface area contributed by atoms with Crippen LogP contribution in [-0.4, -0.2) is 40.6 Å². The van der Waals surface area contributed by atoms with E-state index >= 15 is 0 Å². The number of benzene rings is 2. The molecule has 0 spiro atoms. The number of thiocarbonyl (C=S) groups is 1. The molecule has 1 amide bonds. The number of rotatable bonds is 9. The molecule has 0 aliphatic rings. The Labute approximate surface area is 153 Å². The summed E-state index contributed by atoms with van der Waals surface area (Å²) in [6.45, 7) is 1.82. The molecule has 0 bridgehead atoms. The van der Waals surface area contributed by atoms with Crippen molar-refractivity contribution < 1.29 is 9.90 Å². The van der Waals surface area contributed by atoms with E-state index in [-0.39, 0.29) is 17.5 Å². The normalized spacial score (nSPS) is 10.6. The molecule has 5 nitrogen and oxygen atoms in total. The fourth-order valence-corrected chi connectivity index (χ4v) is 2.71. The highest BCUT2D eigenvalue weighted by atomic mass is 32.1. The Morgan fingerprint density at radius 3 is 2.44 bits per heavy atom. The monoisotopic (exact) mass is 357 g/mol. The minimum Gasteiger partial charge on any atom is -0.395 e. The maximum atomic E-state index is 12.3. The van der Waals surface area contributed by atoms with Crippen molar-refractivity contribution in [1.82, 2.24) is 4.90 Å². The highest BCUT2D eigenvalue weighted by molar-refractivity contribution is 7.80. The predicted molar refractivity (Wildman–Crippen MR) is 104 cm³/mol. The molecule has 25 heavy (non-hydrogen) atoms. The predicted octanol–water partition coefficient (Wildman–Crippen LogP) is 2.14. The minimum atomic E-state index is -0.111. The van der Waals surface area contributed by atoms with Crippen LogP contribution in [0.25, 0.3) is 0 Å². The van der Waals surface area contributed by atoms with Crippen molar-refractivity contribution in [3.8, 4) is 0 Å². The fraction of sp³-hybridized carbons (Fsp3) is 0.263. The molecule has 2 rings (SSSR count). The second-order valence-corrected chi connectivity index (χ2v) is 6.13. The number of nitrogens with one attached hydrogen (secondary N) is 1. The van der Waals surface area contributed by atoms with Crippen molar-refractivity contribution in [3.63, 3.8) is 0 Å². The summed E-state index contributed by atoms with van der Waals surface area (Å²) in [6.07, 6.45) is 0.318. The zero-order chi connectivity index (χ0) is 18.1. The number of carbonyl (C=O) groups excluding carboxylic acids is 1. The van der Waals surface area contributed by atoms with Gasteiger partial charge in [0.1, 0.15) is 4.99 Å². The molecule has 2 aromatic rings. The second-order valence-electron chi connectivity index (χ2n) is 5.69. The van der Waals surface area contributed by atoms with Crippen LogP contribution in [-0.2, 0) is 11.3 Å². The second kappa shape index (κ2) is 9.88. The number of para-hydroxylation sites is 1. The maximum absolute atomic E-state index is 12.3. The number of hydrogen-bond donors (Lipinski definition) is 3. The molecule has 132 valence electrons. The zero-order valence-corrected chi connectivity index (χ0v) is 14.8. The first-order valence-electron chi connectivity index (χ1n) is 8.16. The molecule has 0 aliphatic carbocycles. The van der Waals surface area contributed by atoms with E-state index in [4.69, 9.17) is 18.0 Å². The van der Waals surface area contributed by atoms with Crippen LogP contribution in [0.1, 0.15) is 17.5 Å². The Morgan fingerprint density at radius 2 is 1.76 bits per heavy atom. The number of nitrogens with zero attached hydrogens (tertiary/aromatic N) is 1. The molecule has 0 aromatic heterocycles. The SMILES string of the molecule is NC(=S)c1ccccc1NC(=O)CCN(CCO)Cc1ccccc1. The van der Waals surface area contributed by atoms with Crippen LogP contribution in [0.3, 0.4) is 0 Å². The van der Waals surface area contributed by atoms with Gasteiger partial charge in [0.15, 0.2) is 0 Å². The number of carbonyl (C=O) groups is 1. The van der Waals surface area contributed by atoms with Gasteiger partial charge in [-0.05, 0) is 17.7 Å². The van der Waals surface area contributed by atoms with E-state index in [1.54, 1.807) is 12.1 Å². The van der Waals surface area contributed by atoms with Gasteiger partial charge < -0.3 is 16.2 Å². The smallest absolute Gasteiger partial charge is 0.225 e. The van der Waals surface area contributed by atoms with Crippen LogP contribution < -0.4 is 11.1 Å². The molecule has 0 saturated heterocycles. The summed E-state index contributed by atoms with van der Waals surface area (Å²) >= 11 is 5.01. The Morgan fingerprint density at radius 1 is 1.08 bits per heavy atom. The minimum absolute atomic E-state index is 0.0543. The van der Waals surface area contributed by atoms with Gasteiger partial charge in [-0.15, -0.1) is 0 Å². The van der Waals surface area contributed by atoms with E-state index in [2.05, 4.69) is 5.32 Å². The molecule has 6 heteroatoms. The molecule has 0 heterocycles. The van der Waals surface area contributed by atoms with Gasteiger partial charge in [0.05, 0.1) is 12.3 Å². The zero-order valence-electron chi connectivity index (χ0n) is 14.0. The molecule has 4 N–H and O–H groups in total. The van der Waals surface area contributed by atoms with Crippen LogP contribution >= 0.6 is 12.2 Å². The van der Waals surface area contributed by atoms with Gasteiger partial charge in [0, 0.05) is 31.6 Å². The van der Waals surface area contributed by atoms with E-state index in [0.29, 0.717) is 37.3 Å². The van der Waals surface area contributed by atoms with Gasteiger partial charge in [-0.25, -0.2) is 0 Å². The molecule has 0 saturated carbocycles. The lowest BCUT2D eigenvalue weighted by atomic mass is 10.1. The fourth-order valence-electron chi connectivity index (χ4n) is 2.53. The first-order valence-corrected chi connectivity index (χ1v) is 8.57. The van der Waals surface area contributed by atoms with E-state index < -0.39 is 0 Å². The third-order valence-electron chi connectivity index (χ3n) is 3.79. The van der Waals surface area contributed by atoms with Crippen molar-refractivity contribution in [2.45, 2.75) is 13.0 Å². The lowest BCUT2D eigenvalue weighted by Gasteiger charge is -2.21. The van der Waals surface area contributed by atoms with Crippen molar-refractivity contribution >= 4 is 28.8 Å². The van der Waals surface area contributed by atoms with E-state index in [9.17, 15) is 9.90 Å². The average Bonchev–Trinajstić information content (AvgIpc) is 2.61. The Kier molecular flexibility index (Phi) is 7.53. The molecule has 0 unspecified atom stereocenters. The van der Waals surface area contributed by atoms with Gasteiger partial charge in [0.25, 0.3) is 0 Å². The summed E-state index contributed by atoms with van der Waals surface area (Å²) < 4.78 is 0. The van der Waals surface area contributed by atoms with Gasteiger partial charge in [0.2, 0.25) is 5.91 Å². The van der Waals surface area contributed by atoms with Crippen LogP contribution in [0, 0.1) is 0 Å². The number of hydrogen-bond acceptors (Lipinski definition) is 4. The van der Waals surface area contributed by atoms with Gasteiger partial charge >= 0.3 is 0 Å². The molecular formula is C19H23N3O2S. The average molecular weight is 357 g/mol. The number of nitrogens with two attached hydrogens (primary N) is 1. The Hall–Kier alpha value is -2.28. The summed E-state index contributed by atoms with van der Waals surface area (Å²) in [5, 5.41) is 12.1. The van der Waals surface area contributed by atoms with Gasteiger partial charge in [-0.2, -0.15) is 0 Å². The number of aliphatic hydroxyl groups excluding tert-OH is 1. The summed E-state index contributed by atoms with van der Waals surface area (Å²) in [5.74, 6) is -0.111. The van der Waals surface area contributed by atoms with E-state index in [1.807, 2.05) is 47.4 Å². The lowest BCUT2D eigenvalue weighted by molar-refractivity contribution is -0.116. The third-order valence-corrected chi connectivity index (χ3v) is 4.01. The summed E-state index contributed by atoms with van der Waals surface area (Å²) in [7, 11) is 0. The number of anilines is 1. The molecular weight excluding hydrogens is 334 g/mol. The van der Waals surface area contributed by atoms with Crippen molar-refractivity contribution in [1.29, 1.82) is 0 Å². The van der Waals surface area contributed by atoms with Crippen molar-refractivity contribution in [2.24, 2.45) is 5.73 Å². The highest BCUT2D eigenvalue weighted by Gasteiger charge is 2.11. The van der Waals surface area contributed by atoms with Crippen molar-refractivity contribution in [2.75, 3.05) is 25.0 Å². The molecule has 0 atom stereocenters. The van der Waals surface area contributed by atoms with Gasteiger partial charge in [-0.3, -0.25) is 9.69 Å². The van der Waals surface area contributed by atoms with Crippen LogP contribution in [0.4, 0.5) is 5.69 Å². The largest absolute Gasteiger partial charge is 0.395 e. The first kappa shape index (κ1) is 19.1. The van der Waals surface area contributed by atoms with Gasteiger partial charge in [-0.1, -0.05) is 54.7 Å². The standard InChI is InChI=1S/C19H23N3O2S/c20-19(25)16-8-4-5-9-17(16)21-18(24)10-11-22(12-13-23)14-15-6-2-1-3-7-15/h1-9,23H,10-14H2,(H2,20,25)(H,21,24). The Balaban J connectivity index is 1.92. The number of amides is 1. The van der Waals surface area contributed by atoms with E-state index in [0.717, 1.165) is 5.56 Å². The number of aliphatic hydroxyl groups is 1. The topological polar surface area (TPSA) is 78.6 Å². The van der Waals surface area contributed by atoms with E-state index in [1.165, 1.54) is 0 Å². The first-order chi connectivity index (χ1) is 12.1. The molecule has 0 radical (unpaired) electrons. The summed E-state index contributed by atoms with van der Waals surface area (Å²) in [6, 6.07) is 17.2. The van der Waals surface area contributed by atoms with Crippen LogP contribution in [0.15, 0.2) is 54.6 Å². The van der Waals surface area contributed by atoms with Crippen LogP contribution in [0.2, 0.25) is 0 Å². The molecule has 2 aromatic carbocycles. The molecule has 0 fully saturated rings. The van der Waals surface area contributed by atoms with Crippen molar-refractivity contribution in [3.05, 3.63) is 65.7 Å².